The number of hydrogen-bond acceptors (Lipinski definition) is 7. The summed E-state index contributed by atoms with van der Waals surface area (Å²) in [4.78, 5) is 46.9. The molecule has 4 unspecified atom stereocenters. The second kappa shape index (κ2) is 12.2. The van der Waals surface area contributed by atoms with Crippen molar-refractivity contribution < 1.29 is 29.4 Å². The van der Waals surface area contributed by atoms with E-state index >= 15 is 0 Å². The van der Waals surface area contributed by atoms with Crippen LogP contribution in [0.1, 0.15) is 33.1 Å². The number of nitrogens with two attached hydrogens (primary N) is 2. The van der Waals surface area contributed by atoms with Crippen molar-refractivity contribution in [3.63, 3.8) is 0 Å². The van der Waals surface area contributed by atoms with Crippen molar-refractivity contribution >= 4 is 23.7 Å². The topological polar surface area (TPSA) is 197 Å². The number of unbranched alkanes of at least 4 members (excludes halogenated alkanes) is 1. The van der Waals surface area contributed by atoms with Crippen molar-refractivity contribution in [3.8, 4) is 0 Å². The van der Waals surface area contributed by atoms with Gasteiger partial charge in [-0.25, -0.2) is 0 Å². The number of aliphatic hydroxyl groups is 1. The number of aliphatic carboxylic acids is 1. The van der Waals surface area contributed by atoms with Crippen LogP contribution >= 0.6 is 0 Å². The van der Waals surface area contributed by atoms with Gasteiger partial charge in [0.15, 0.2) is 0 Å². The Morgan fingerprint density at radius 1 is 0.962 bits per heavy atom. The van der Waals surface area contributed by atoms with E-state index in [1.54, 1.807) is 0 Å². The Bertz CT molecular complexity index is 499. The van der Waals surface area contributed by atoms with E-state index in [1.165, 1.54) is 13.8 Å². The summed E-state index contributed by atoms with van der Waals surface area (Å²) in [5, 5.41) is 25.6. The molecule has 11 heteroatoms. The Morgan fingerprint density at radius 3 is 2.04 bits per heavy atom. The summed E-state index contributed by atoms with van der Waals surface area (Å²) in [6.07, 6.45) is 0.123. The fourth-order valence-electron chi connectivity index (χ4n) is 2.04. The lowest BCUT2D eigenvalue weighted by Gasteiger charge is -2.25. The number of carbonyl (C=O) groups excluding carboxylic acids is 3. The number of aliphatic hydroxyl groups excluding tert-OH is 1. The fourth-order valence-corrected chi connectivity index (χ4v) is 2.04. The quantitative estimate of drug-likeness (QED) is 0.175. The maximum absolute atomic E-state index is 12.4. The van der Waals surface area contributed by atoms with Crippen LogP contribution in [-0.4, -0.2) is 71.2 Å². The molecule has 0 rings (SSSR count). The highest BCUT2D eigenvalue weighted by atomic mass is 16.4. The van der Waals surface area contributed by atoms with Crippen molar-refractivity contribution in [1.29, 1.82) is 0 Å². The highest BCUT2D eigenvalue weighted by molar-refractivity contribution is 5.93. The van der Waals surface area contributed by atoms with Gasteiger partial charge in [0.2, 0.25) is 17.7 Å². The van der Waals surface area contributed by atoms with Crippen LogP contribution in [-0.2, 0) is 19.2 Å². The van der Waals surface area contributed by atoms with Gasteiger partial charge in [-0.3, -0.25) is 19.2 Å². The smallest absolute Gasteiger partial charge is 0.325 e. The highest BCUT2D eigenvalue weighted by Crippen LogP contribution is 2.04. The lowest BCUT2D eigenvalue weighted by Crippen LogP contribution is -2.58. The molecule has 0 heterocycles. The highest BCUT2D eigenvalue weighted by Gasteiger charge is 2.30. The molecule has 9 N–H and O–H groups in total. The maximum atomic E-state index is 12.4. The Hall–Kier alpha value is -2.24. The zero-order chi connectivity index (χ0) is 20.3. The van der Waals surface area contributed by atoms with Crippen molar-refractivity contribution in [2.24, 2.45) is 11.5 Å². The number of carboxylic acids is 1. The molecule has 0 bridgehead atoms. The number of hydrogen-bond donors (Lipinski definition) is 7. The van der Waals surface area contributed by atoms with Crippen LogP contribution in [0, 0.1) is 0 Å². The molecule has 0 aliphatic carbocycles. The molecular weight excluding hydrogens is 346 g/mol. The predicted molar refractivity (Wildman–Crippen MR) is 92.7 cm³/mol. The molecule has 3 amide bonds. The first kappa shape index (κ1) is 23.8. The lowest BCUT2D eigenvalue weighted by atomic mass is 10.1. The zero-order valence-corrected chi connectivity index (χ0v) is 15.0. The molecular formula is C15H29N5O6. The molecule has 150 valence electrons. The predicted octanol–water partition coefficient (Wildman–Crippen LogP) is -2.99. The SMILES string of the molecule is CC(NC(=O)C(CCCCN)NC(=O)C(NC(=O)CN)C(C)O)C(=O)O. The van der Waals surface area contributed by atoms with E-state index in [4.69, 9.17) is 16.6 Å². The van der Waals surface area contributed by atoms with Gasteiger partial charge < -0.3 is 37.6 Å². The maximum Gasteiger partial charge on any atom is 0.325 e. The van der Waals surface area contributed by atoms with Gasteiger partial charge in [0, 0.05) is 0 Å². The normalized spacial score (nSPS) is 15.3. The third-order valence-electron chi connectivity index (χ3n) is 3.58. The van der Waals surface area contributed by atoms with E-state index in [2.05, 4.69) is 16.0 Å². The average molecular weight is 375 g/mol. The number of carbonyl (C=O) groups is 4. The van der Waals surface area contributed by atoms with E-state index in [0.29, 0.717) is 19.4 Å². The number of nitrogens with one attached hydrogen (secondary N) is 3. The number of amides is 3. The van der Waals surface area contributed by atoms with E-state index in [0.717, 1.165) is 0 Å². The fraction of sp³-hybridized carbons (Fsp3) is 0.733. The molecule has 0 aromatic heterocycles. The Morgan fingerprint density at radius 2 is 1.58 bits per heavy atom. The molecule has 0 saturated heterocycles. The molecule has 0 radical (unpaired) electrons. The molecule has 0 fully saturated rings. The molecule has 0 saturated carbocycles. The third kappa shape index (κ3) is 8.74. The van der Waals surface area contributed by atoms with Gasteiger partial charge in [-0.15, -0.1) is 0 Å². The van der Waals surface area contributed by atoms with Crippen molar-refractivity contribution in [3.05, 3.63) is 0 Å². The van der Waals surface area contributed by atoms with Crippen LogP contribution in [0.3, 0.4) is 0 Å². The largest absolute Gasteiger partial charge is 0.480 e. The third-order valence-corrected chi connectivity index (χ3v) is 3.58. The minimum Gasteiger partial charge on any atom is -0.480 e. The molecule has 11 nitrogen and oxygen atoms in total. The minimum atomic E-state index is -1.30. The van der Waals surface area contributed by atoms with Crippen molar-refractivity contribution in [1.82, 2.24) is 16.0 Å². The summed E-state index contributed by atoms with van der Waals surface area (Å²) in [6.45, 7) is 2.62. The standard InChI is InChI=1S/C15H29N5O6/c1-8(15(25)26)18-13(23)10(5-3-4-6-16)19-14(24)12(9(2)21)20-11(22)7-17/h8-10,12,21H,3-7,16-17H2,1-2H3,(H,18,23)(H,19,24)(H,20,22)(H,25,26). The Labute approximate surface area is 151 Å². The first-order chi connectivity index (χ1) is 12.1. The summed E-state index contributed by atoms with van der Waals surface area (Å²) in [6, 6.07) is -3.47. The minimum absolute atomic E-state index is 0.221. The van der Waals surface area contributed by atoms with Crippen LogP contribution in [0.15, 0.2) is 0 Å². The first-order valence-corrected chi connectivity index (χ1v) is 8.35. The van der Waals surface area contributed by atoms with E-state index in [1.807, 2.05) is 0 Å². The summed E-state index contributed by atoms with van der Waals surface area (Å²) < 4.78 is 0. The van der Waals surface area contributed by atoms with Crippen LogP contribution in [0.5, 0.6) is 0 Å². The lowest BCUT2D eigenvalue weighted by molar-refractivity contribution is -0.142. The van der Waals surface area contributed by atoms with E-state index < -0.39 is 47.9 Å². The van der Waals surface area contributed by atoms with Gasteiger partial charge in [0.25, 0.3) is 0 Å². The summed E-state index contributed by atoms with van der Waals surface area (Å²) in [5.41, 5.74) is 10.6. The van der Waals surface area contributed by atoms with E-state index in [-0.39, 0.29) is 13.0 Å². The number of carboxylic acid groups (broad SMARTS) is 1. The van der Waals surface area contributed by atoms with Crippen molar-refractivity contribution in [2.75, 3.05) is 13.1 Å². The van der Waals surface area contributed by atoms with Crippen LogP contribution in [0.25, 0.3) is 0 Å². The number of rotatable bonds is 12. The Kier molecular flexibility index (Phi) is 11.1. The van der Waals surface area contributed by atoms with Gasteiger partial charge >= 0.3 is 5.97 Å². The average Bonchev–Trinajstić information content (AvgIpc) is 2.57. The zero-order valence-electron chi connectivity index (χ0n) is 15.0. The Balaban J connectivity index is 5.11. The summed E-state index contributed by atoms with van der Waals surface area (Å²) in [7, 11) is 0. The van der Waals surface area contributed by atoms with Gasteiger partial charge in [-0.05, 0) is 39.7 Å². The van der Waals surface area contributed by atoms with Crippen LogP contribution < -0.4 is 27.4 Å². The summed E-state index contributed by atoms with van der Waals surface area (Å²) >= 11 is 0. The van der Waals surface area contributed by atoms with Gasteiger partial charge in [0.05, 0.1) is 12.6 Å². The second-order valence-corrected chi connectivity index (χ2v) is 5.90. The van der Waals surface area contributed by atoms with Crippen molar-refractivity contribution in [2.45, 2.75) is 57.3 Å². The molecule has 26 heavy (non-hydrogen) atoms. The molecule has 0 aromatic carbocycles. The summed E-state index contributed by atoms with van der Waals surface area (Å²) in [5.74, 6) is -3.32. The molecule has 0 spiro atoms. The molecule has 4 atom stereocenters. The monoisotopic (exact) mass is 375 g/mol. The first-order valence-electron chi connectivity index (χ1n) is 8.35. The molecule has 0 aromatic rings. The molecule has 0 aliphatic rings. The van der Waals surface area contributed by atoms with Gasteiger partial charge in [-0.1, -0.05) is 0 Å². The van der Waals surface area contributed by atoms with Gasteiger partial charge in [-0.2, -0.15) is 0 Å². The van der Waals surface area contributed by atoms with Gasteiger partial charge in [0.1, 0.15) is 18.1 Å². The second-order valence-electron chi connectivity index (χ2n) is 5.90. The van der Waals surface area contributed by atoms with E-state index in [9.17, 15) is 24.3 Å². The molecule has 0 aliphatic heterocycles. The van der Waals surface area contributed by atoms with Crippen LogP contribution in [0.2, 0.25) is 0 Å². The van der Waals surface area contributed by atoms with Crippen LogP contribution in [0.4, 0.5) is 0 Å².